The monoisotopic (exact) mass is 342 g/mol. The Balaban J connectivity index is 2.03. The number of carbonyl (C=O) groups is 1. The second-order valence-electron chi connectivity index (χ2n) is 5.06. The Morgan fingerprint density at radius 2 is 1.96 bits per heavy atom. The fourth-order valence-corrected chi connectivity index (χ4v) is 2.51. The number of nitro benzene ring substituents is 1. The lowest BCUT2D eigenvalue weighted by molar-refractivity contribution is -0.385. The second kappa shape index (κ2) is 6.25. The molecule has 0 amide bonds. The summed E-state index contributed by atoms with van der Waals surface area (Å²) in [4.78, 5) is 26.7. The van der Waals surface area contributed by atoms with Crippen LogP contribution in [0.15, 0.2) is 53.2 Å². The number of esters is 1. The molecule has 0 unspecified atom stereocenters. The molecule has 24 heavy (non-hydrogen) atoms. The molecule has 0 fully saturated rings. The quantitative estimate of drug-likeness (QED) is 0.366. The molecule has 0 bridgehead atoms. The highest BCUT2D eigenvalue weighted by Crippen LogP contribution is 2.27. The van der Waals surface area contributed by atoms with Crippen molar-refractivity contribution in [1.82, 2.24) is 0 Å². The van der Waals surface area contributed by atoms with Crippen molar-refractivity contribution in [2.45, 2.75) is 6.92 Å². The fourth-order valence-electron chi connectivity index (χ4n) is 2.32. The summed E-state index contributed by atoms with van der Waals surface area (Å²) >= 11 is 6.06. The van der Waals surface area contributed by atoms with Crippen LogP contribution in [-0.2, 0) is 9.53 Å². The lowest BCUT2D eigenvalue weighted by atomic mass is 10.1. The SMILES string of the molecule is Cc1c(C2=N/C(=C/c3ccccc3Cl)C(=O)O2)cccc1[N+](=O)[O-]. The van der Waals surface area contributed by atoms with Crippen LogP contribution in [-0.4, -0.2) is 16.8 Å². The number of halogens is 1. The summed E-state index contributed by atoms with van der Waals surface area (Å²) < 4.78 is 5.16. The number of rotatable bonds is 3. The number of carbonyl (C=O) groups excluding carboxylic acids is 1. The summed E-state index contributed by atoms with van der Waals surface area (Å²) in [5.41, 5.74) is 1.44. The smallest absolute Gasteiger partial charge is 0.363 e. The van der Waals surface area contributed by atoms with Crippen LogP contribution in [0.25, 0.3) is 6.08 Å². The molecule has 1 aliphatic heterocycles. The third kappa shape index (κ3) is 2.91. The molecule has 0 spiro atoms. The molecule has 2 aromatic carbocycles. The summed E-state index contributed by atoms with van der Waals surface area (Å²) in [5, 5.41) is 11.5. The molecular weight excluding hydrogens is 332 g/mol. The molecular formula is C17H11ClN2O4. The zero-order valence-electron chi connectivity index (χ0n) is 12.5. The van der Waals surface area contributed by atoms with Crippen molar-refractivity contribution in [3.05, 3.63) is 80.0 Å². The van der Waals surface area contributed by atoms with Crippen molar-refractivity contribution in [3.63, 3.8) is 0 Å². The van der Waals surface area contributed by atoms with Gasteiger partial charge in [0, 0.05) is 22.2 Å². The molecule has 120 valence electrons. The Hall–Kier alpha value is -2.99. The molecule has 0 aliphatic carbocycles. The van der Waals surface area contributed by atoms with Crippen molar-refractivity contribution < 1.29 is 14.5 Å². The van der Waals surface area contributed by atoms with E-state index in [9.17, 15) is 14.9 Å². The Bertz CT molecular complexity index is 919. The Labute approximate surface area is 142 Å². The van der Waals surface area contributed by atoms with E-state index in [1.807, 2.05) is 0 Å². The van der Waals surface area contributed by atoms with E-state index in [-0.39, 0.29) is 17.3 Å². The van der Waals surface area contributed by atoms with E-state index >= 15 is 0 Å². The molecule has 6 nitrogen and oxygen atoms in total. The van der Waals surface area contributed by atoms with Gasteiger partial charge in [0.1, 0.15) is 0 Å². The zero-order valence-corrected chi connectivity index (χ0v) is 13.3. The predicted octanol–water partition coefficient (Wildman–Crippen LogP) is 3.90. The molecule has 7 heteroatoms. The van der Waals surface area contributed by atoms with Gasteiger partial charge in [0.15, 0.2) is 5.70 Å². The van der Waals surface area contributed by atoms with Crippen LogP contribution >= 0.6 is 11.6 Å². The topological polar surface area (TPSA) is 81.8 Å². The maximum atomic E-state index is 12.0. The number of nitrogens with zero attached hydrogens (tertiary/aromatic N) is 2. The molecule has 0 atom stereocenters. The molecule has 0 saturated heterocycles. The molecule has 3 rings (SSSR count). The molecule has 0 aromatic heterocycles. The van der Waals surface area contributed by atoms with E-state index in [1.165, 1.54) is 18.2 Å². The normalized spacial score (nSPS) is 15.3. The third-order valence-corrected chi connectivity index (χ3v) is 3.89. The van der Waals surface area contributed by atoms with Crippen LogP contribution in [0, 0.1) is 17.0 Å². The van der Waals surface area contributed by atoms with Gasteiger partial charge in [-0.2, -0.15) is 0 Å². The van der Waals surface area contributed by atoms with Gasteiger partial charge in [0.2, 0.25) is 5.90 Å². The van der Waals surface area contributed by atoms with Crippen LogP contribution < -0.4 is 0 Å². The number of cyclic esters (lactones) is 1. The zero-order chi connectivity index (χ0) is 17.3. The van der Waals surface area contributed by atoms with Gasteiger partial charge in [0.05, 0.1) is 4.92 Å². The van der Waals surface area contributed by atoms with Crippen LogP contribution in [0.2, 0.25) is 5.02 Å². The number of aliphatic imine (C=N–C) groups is 1. The first kappa shape index (κ1) is 15.9. The fraction of sp³-hybridized carbons (Fsp3) is 0.0588. The van der Waals surface area contributed by atoms with Crippen molar-refractivity contribution in [1.29, 1.82) is 0 Å². The number of hydrogen-bond acceptors (Lipinski definition) is 5. The van der Waals surface area contributed by atoms with Crippen LogP contribution in [0.5, 0.6) is 0 Å². The lowest BCUT2D eigenvalue weighted by Crippen LogP contribution is -2.08. The first-order valence-corrected chi connectivity index (χ1v) is 7.36. The summed E-state index contributed by atoms with van der Waals surface area (Å²) in [7, 11) is 0. The highest BCUT2D eigenvalue weighted by atomic mass is 35.5. The first-order chi connectivity index (χ1) is 11.5. The van der Waals surface area contributed by atoms with Gasteiger partial charge < -0.3 is 4.74 Å². The van der Waals surface area contributed by atoms with Gasteiger partial charge in [-0.3, -0.25) is 10.1 Å². The molecule has 0 saturated carbocycles. The summed E-state index contributed by atoms with van der Waals surface area (Å²) in [6, 6.07) is 11.5. The highest BCUT2D eigenvalue weighted by molar-refractivity contribution is 6.32. The highest BCUT2D eigenvalue weighted by Gasteiger charge is 2.27. The maximum Gasteiger partial charge on any atom is 0.363 e. The predicted molar refractivity (Wildman–Crippen MR) is 89.9 cm³/mol. The average molecular weight is 343 g/mol. The Kier molecular flexibility index (Phi) is 4.14. The molecule has 1 aliphatic rings. The van der Waals surface area contributed by atoms with Gasteiger partial charge in [-0.05, 0) is 30.7 Å². The summed E-state index contributed by atoms with van der Waals surface area (Å²) in [6.07, 6.45) is 1.52. The Morgan fingerprint density at radius 3 is 2.67 bits per heavy atom. The molecule has 0 N–H and O–H groups in total. The number of ether oxygens (including phenoxy) is 1. The van der Waals surface area contributed by atoms with Crippen molar-refractivity contribution >= 4 is 35.2 Å². The number of hydrogen-bond donors (Lipinski definition) is 0. The average Bonchev–Trinajstić information content (AvgIpc) is 2.90. The van der Waals surface area contributed by atoms with Crippen LogP contribution in [0.4, 0.5) is 5.69 Å². The van der Waals surface area contributed by atoms with E-state index in [4.69, 9.17) is 16.3 Å². The van der Waals surface area contributed by atoms with Crippen molar-refractivity contribution in [3.8, 4) is 0 Å². The van der Waals surface area contributed by atoms with Gasteiger partial charge in [-0.1, -0.05) is 35.9 Å². The van der Waals surface area contributed by atoms with Gasteiger partial charge in [0.25, 0.3) is 5.69 Å². The van der Waals surface area contributed by atoms with Crippen LogP contribution in [0.3, 0.4) is 0 Å². The summed E-state index contributed by atoms with van der Waals surface area (Å²) in [6.45, 7) is 1.58. The minimum atomic E-state index is -0.629. The van der Waals surface area contributed by atoms with E-state index < -0.39 is 10.9 Å². The van der Waals surface area contributed by atoms with E-state index in [2.05, 4.69) is 4.99 Å². The van der Waals surface area contributed by atoms with Crippen molar-refractivity contribution in [2.75, 3.05) is 0 Å². The Morgan fingerprint density at radius 1 is 1.21 bits per heavy atom. The van der Waals surface area contributed by atoms with Crippen LogP contribution in [0.1, 0.15) is 16.7 Å². The molecule has 1 heterocycles. The molecule has 0 radical (unpaired) electrons. The van der Waals surface area contributed by atoms with Gasteiger partial charge >= 0.3 is 5.97 Å². The number of benzene rings is 2. The maximum absolute atomic E-state index is 12.0. The molecule has 2 aromatic rings. The minimum Gasteiger partial charge on any atom is -0.402 e. The first-order valence-electron chi connectivity index (χ1n) is 6.99. The van der Waals surface area contributed by atoms with Gasteiger partial charge in [-0.15, -0.1) is 0 Å². The van der Waals surface area contributed by atoms with Crippen molar-refractivity contribution in [2.24, 2.45) is 4.99 Å². The van der Waals surface area contributed by atoms with Gasteiger partial charge in [-0.25, -0.2) is 9.79 Å². The standard InChI is InChI=1S/C17H11ClN2O4/c1-10-12(6-4-8-15(10)20(22)23)16-19-14(17(21)24-16)9-11-5-2-3-7-13(11)18/h2-9H,1H3/b14-9+. The largest absolute Gasteiger partial charge is 0.402 e. The van der Waals surface area contributed by atoms with E-state index in [1.54, 1.807) is 37.3 Å². The number of nitro groups is 1. The lowest BCUT2D eigenvalue weighted by Gasteiger charge is -2.04. The van der Waals surface area contributed by atoms with E-state index in [0.29, 0.717) is 21.7 Å². The minimum absolute atomic E-state index is 0.0412. The summed E-state index contributed by atoms with van der Waals surface area (Å²) in [5.74, 6) is -0.588. The third-order valence-electron chi connectivity index (χ3n) is 3.55. The second-order valence-corrected chi connectivity index (χ2v) is 5.47. The van der Waals surface area contributed by atoms with E-state index in [0.717, 1.165) is 0 Å².